The molecule has 1 unspecified atom stereocenters. The van der Waals surface area contributed by atoms with Crippen LogP contribution in [0, 0.1) is 0 Å². The molecule has 1 fully saturated rings. The molecule has 1 aliphatic heterocycles. The molecule has 2 rings (SSSR count). The fourth-order valence-electron chi connectivity index (χ4n) is 2.38. The van der Waals surface area contributed by atoms with Gasteiger partial charge in [0.2, 0.25) is 0 Å². The Morgan fingerprint density at radius 1 is 1.17 bits per heavy atom. The summed E-state index contributed by atoms with van der Waals surface area (Å²) in [6.45, 7) is 8.18. The van der Waals surface area contributed by atoms with Crippen molar-refractivity contribution in [1.29, 1.82) is 0 Å². The minimum Gasteiger partial charge on any atom is -0.372 e. The van der Waals surface area contributed by atoms with Crippen LogP contribution < -0.4 is 10.6 Å². The predicted octanol–water partition coefficient (Wildman–Crippen LogP) is 2.74. The number of ether oxygens (including phenoxy) is 1. The average molecular weight is 271 g/mol. The number of morpholine rings is 1. The molecule has 3 atom stereocenters. The third kappa shape index (κ3) is 3.61. The van der Waals surface area contributed by atoms with Crippen molar-refractivity contribution >= 4 is 18.1 Å². The van der Waals surface area contributed by atoms with Gasteiger partial charge in [-0.15, -0.1) is 12.4 Å². The molecule has 0 spiro atoms. The molecule has 2 N–H and O–H groups in total. The van der Waals surface area contributed by atoms with Gasteiger partial charge in [-0.25, -0.2) is 0 Å². The van der Waals surface area contributed by atoms with E-state index in [-0.39, 0.29) is 18.4 Å². The van der Waals surface area contributed by atoms with Crippen LogP contribution in [-0.4, -0.2) is 25.3 Å². The molecule has 0 aromatic heterocycles. The maximum atomic E-state index is 5.85. The van der Waals surface area contributed by atoms with Gasteiger partial charge in [0, 0.05) is 24.8 Å². The van der Waals surface area contributed by atoms with Crippen LogP contribution in [0.2, 0.25) is 0 Å². The molecule has 18 heavy (non-hydrogen) atoms. The van der Waals surface area contributed by atoms with Crippen molar-refractivity contribution in [2.75, 3.05) is 18.0 Å². The maximum absolute atomic E-state index is 5.85. The number of hydrogen-bond acceptors (Lipinski definition) is 3. The molecular weight excluding hydrogens is 248 g/mol. The second-order valence-electron chi connectivity index (χ2n) is 5.04. The van der Waals surface area contributed by atoms with Crippen LogP contribution in [-0.2, 0) is 4.74 Å². The van der Waals surface area contributed by atoms with Crippen molar-refractivity contribution in [1.82, 2.24) is 0 Å². The molecule has 102 valence electrons. The summed E-state index contributed by atoms with van der Waals surface area (Å²) in [6.07, 6.45) is 0.596. The first-order valence-corrected chi connectivity index (χ1v) is 6.32. The predicted molar refractivity (Wildman–Crippen MR) is 78.5 cm³/mol. The van der Waals surface area contributed by atoms with Crippen molar-refractivity contribution in [3.05, 3.63) is 29.8 Å². The molecule has 0 bridgehead atoms. The fraction of sp³-hybridized carbons (Fsp3) is 0.571. The number of anilines is 1. The SMILES string of the molecule is CC(N)c1ccc(N2C[C@@H](C)O[C@@H](C)C2)cc1.Cl. The van der Waals surface area contributed by atoms with Crippen LogP contribution in [0.4, 0.5) is 5.69 Å². The summed E-state index contributed by atoms with van der Waals surface area (Å²) in [5, 5.41) is 0. The summed E-state index contributed by atoms with van der Waals surface area (Å²) in [4.78, 5) is 2.38. The highest BCUT2D eigenvalue weighted by atomic mass is 35.5. The van der Waals surface area contributed by atoms with E-state index in [1.54, 1.807) is 0 Å². The van der Waals surface area contributed by atoms with Gasteiger partial charge in [0.15, 0.2) is 0 Å². The Balaban J connectivity index is 0.00000162. The van der Waals surface area contributed by atoms with Crippen molar-refractivity contribution in [2.45, 2.75) is 39.0 Å². The lowest BCUT2D eigenvalue weighted by Gasteiger charge is -2.37. The Morgan fingerprint density at radius 2 is 1.67 bits per heavy atom. The minimum atomic E-state index is 0. The van der Waals surface area contributed by atoms with Crippen LogP contribution in [0.15, 0.2) is 24.3 Å². The molecular formula is C14H23ClN2O. The largest absolute Gasteiger partial charge is 0.372 e. The van der Waals surface area contributed by atoms with Gasteiger partial charge in [-0.1, -0.05) is 12.1 Å². The Morgan fingerprint density at radius 3 is 2.11 bits per heavy atom. The van der Waals surface area contributed by atoms with Crippen molar-refractivity contribution < 1.29 is 4.74 Å². The first kappa shape index (κ1) is 15.3. The number of nitrogens with two attached hydrogens (primary N) is 1. The van der Waals surface area contributed by atoms with E-state index in [0.29, 0.717) is 12.2 Å². The second kappa shape index (κ2) is 6.41. The maximum Gasteiger partial charge on any atom is 0.0726 e. The highest BCUT2D eigenvalue weighted by Gasteiger charge is 2.22. The number of halogens is 1. The smallest absolute Gasteiger partial charge is 0.0726 e. The summed E-state index contributed by atoms with van der Waals surface area (Å²) < 4.78 is 5.74. The molecule has 0 amide bonds. The summed E-state index contributed by atoms with van der Waals surface area (Å²) in [7, 11) is 0. The Bertz CT molecular complexity index is 357. The summed E-state index contributed by atoms with van der Waals surface area (Å²) >= 11 is 0. The molecule has 0 aliphatic carbocycles. The van der Waals surface area contributed by atoms with Gasteiger partial charge in [0.05, 0.1) is 12.2 Å². The van der Waals surface area contributed by atoms with E-state index < -0.39 is 0 Å². The molecule has 0 radical (unpaired) electrons. The first-order chi connectivity index (χ1) is 8.06. The van der Waals surface area contributed by atoms with Crippen molar-refractivity contribution in [2.24, 2.45) is 5.73 Å². The number of benzene rings is 1. The van der Waals surface area contributed by atoms with E-state index in [9.17, 15) is 0 Å². The van der Waals surface area contributed by atoms with Crippen molar-refractivity contribution in [3.8, 4) is 0 Å². The van der Waals surface area contributed by atoms with E-state index in [0.717, 1.165) is 13.1 Å². The van der Waals surface area contributed by atoms with E-state index in [1.807, 2.05) is 6.92 Å². The molecule has 1 aromatic rings. The lowest BCUT2D eigenvalue weighted by Crippen LogP contribution is -2.45. The van der Waals surface area contributed by atoms with E-state index >= 15 is 0 Å². The zero-order valence-electron chi connectivity index (χ0n) is 11.3. The lowest BCUT2D eigenvalue weighted by molar-refractivity contribution is -0.00521. The van der Waals surface area contributed by atoms with Crippen LogP contribution in [0.5, 0.6) is 0 Å². The number of nitrogens with zero attached hydrogens (tertiary/aromatic N) is 1. The monoisotopic (exact) mass is 270 g/mol. The van der Waals surface area contributed by atoms with Crippen LogP contribution >= 0.6 is 12.4 Å². The Hall–Kier alpha value is -0.770. The van der Waals surface area contributed by atoms with Gasteiger partial charge < -0.3 is 15.4 Å². The summed E-state index contributed by atoms with van der Waals surface area (Å²) in [6, 6.07) is 8.65. The molecule has 3 nitrogen and oxygen atoms in total. The van der Waals surface area contributed by atoms with Gasteiger partial charge in [-0.05, 0) is 38.5 Å². The topological polar surface area (TPSA) is 38.5 Å². The van der Waals surface area contributed by atoms with Crippen LogP contribution in [0.1, 0.15) is 32.4 Å². The minimum absolute atomic E-state index is 0. The highest BCUT2D eigenvalue weighted by Crippen LogP contribution is 2.22. The normalized spacial score (nSPS) is 25.4. The Kier molecular flexibility index (Phi) is 5.45. The molecule has 1 aliphatic rings. The third-order valence-electron chi connectivity index (χ3n) is 3.20. The van der Waals surface area contributed by atoms with Gasteiger partial charge in [0.25, 0.3) is 0 Å². The zero-order chi connectivity index (χ0) is 12.4. The lowest BCUT2D eigenvalue weighted by atomic mass is 10.1. The second-order valence-corrected chi connectivity index (χ2v) is 5.04. The van der Waals surface area contributed by atoms with Crippen molar-refractivity contribution in [3.63, 3.8) is 0 Å². The average Bonchev–Trinajstić information content (AvgIpc) is 2.28. The number of rotatable bonds is 2. The van der Waals surface area contributed by atoms with Crippen LogP contribution in [0.3, 0.4) is 0 Å². The molecule has 4 heteroatoms. The van der Waals surface area contributed by atoms with Gasteiger partial charge >= 0.3 is 0 Å². The summed E-state index contributed by atoms with van der Waals surface area (Å²) in [5.41, 5.74) is 8.30. The van der Waals surface area contributed by atoms with E-state index in [4.69, 9.17) is 10.5 Å². The van der Waals surface area contributed by atoms with Gasteiger partial charge in [0.1, 0.15) is 0 Å². The van der Waals surface area contributed by atoms with Gasteiger partial charge in [-0.2, -0.15) is 0 Å². The van der Waals surface area contributed by atoms with E-state index in [2.05, 4.69) is 43.0 Å². The quantitative estimate of drug-likeness (QED) is 0.898. The first-order valence-electron chi connectivity index (χ1n) is 6.32. The molecule has 0 saturated carbocycles. The third-order valence-corrected chi connectivity index (χ3v) is 3.20. The zero-order valence-corrected chi connectivity index (χ0v) is 12.1. The Labute approximate surface area is 116 Å². The number of hydrogen-bond donors (Lipinski definition) is 1. The van der Waals surface area contributed by atoms with Crippen LogP contribution in [0.25, 0.3) is 0 Å². The standard InChI is InChI=1S/C14H22N2O.ClH/c1-10-8-16(9-11(2)17-10)14-6-4-13(5-7-14)12(3)15;/h4-7,10-12H,8-9,15H2,1-3H3;1H/t10-,11+,12?;. The molecule has 1 saturated heterocycles. The molecule has 1 heterocycles. The van der Waals surface area contributed by atoms with E-state index in [1.165, 1.54) is 11.3 Å². The highest BCUT2D eigenvalue weighted by molar-refractivity contribution is 5.85. The summed E-state index contributed by atoms with van der Waals surface area (Å²) in [5.74, 6) is 0. The fourth-order valence-corrected chi connectivity index (χ4v) is 2.38. The molecule has 1 aromatic carbocycles. The van der Waals surface area contributed by atoms with Gasteiger partial charge in [-0.3, -0.25) is 0 Å².